The summed E-state index contributed by atoms with van der Waals surface area (Å²) in [7, 11) is 1.63. The van der Waals surface area contributed by atoms with Gasteiger partial charge in [-0.05, 0) is 49.2 Å². The molecular weight excluding hydrogens is 316 g/mol. The molecule has 2 rings (SSSR count). The van der Waals surface area contributed by atoms with Gasteiger partial charge in [-0.2, -0.15) is 0 Å². The normalized spacial score (nSPS) is 10.2. The average Bonchev–Trinajstić information content (AvgIpc) is 2.56. The first-order valence-corrected chi connectivity index (χ1v) is 7.71. The van der Waals surface area contributed by atoms with Gasteiger partial charge in [0.1, 0.15) is 11.6 Å². The maximum absolute atomic E-state index is 11.5. The molecule has 0 aliphatic rings. The fourth-order valence-electron chi connectivity index (χ4n) is 2.10. The summed E-state index contributed by atoms with van der Waals surface area (Å²) in [5, 5.41) is 3.88. The van der Waals surface area contributed by atoms with Gasteiger partial charge in [-0.1, -0.05) is 11.6 Å². The number of rotatable bonds is 7. The zero-order valence-corrected chi connectivity index (χ0v) is 13.9. The minimum Gasteiger partial charge on any atom is -0.496 e. The summed E-state index contributed by atoms with van der Waals surface area (Å²) in [6, 6.07) is 8.98. The van der Waals surface area contributed by atoms with Crippen molar-refractivity contribution in [1.82, 2.24) is 4.98 Å². The van der Waals surface area contributed by atoms with Gasteiger partial charge in [0.25, 0.3) is 0 Å². The molecule has 0 atom stereocenters. The van der Waals surface area contributed by atoms with Gasteiger partial charge in [0.05, 0.1) is 19.3 Å². The number of nitrogens with one attached hydrogen (secondary N) is 1. The second kappa shape index (κ2) is 8.39. The van der Waals surface area contributed by atoms with Crippen LogP contribution in [0.15, 0.2) is 36.5 Å². The van der Waals surface area contributed by atoms with Crippen LogP contribution in [0.4, 0.5) is 5.82 Å². The molecular formula is C17H19ClN2O3. The SMILES string of the molecule is CCOC(=O)c1ccc(NCCc2cc(Cl)ccc2OC)nc1. The number of carbonyl (C=O) groups is 1. The van der Waals surface area contributed by atoms with E-state index in [-0.39, 0.29) is 5.97 Å². The Balaban J connectivity index is 1.91. The minimum atomic E-state index is -0.366. The first-order chi connectivity index (χ1) is 11.1. The molecule has 122 valence electrons. The van der Waals surface area contributed by atoms with Crippen LogP contribution in [0.3, 0.4) is 0 Å². The van der Waals surface area contributed by atoms with E-state index in [0.717, 1.165) is 17.7 Å². The van der Waals surface area contributed by atoms with Crippen LogP contribution in [0.1, 0.15) is 22.8 Å². The van der Waals surface area contributed by atoms with E-state index < -0.39 is 0 Å². The maximum Gasteiger partial charge on any atom is 0.339 e. The van der Waals surface area contributed by atoms with Crippen molar-refractivity contribution in [1.29, 1.82) is 0 Å². The van der Waals surface area contributed by atoms with Gasteiger partial charge in [0.15, 0.2) is 0 Å². The van der Waals surface area contributed by atoms with Crippen LogP contribution < -0.4 is 10.1 Å². The summed E-state index contributed by atoms with van der Waals surface area (Å²) in [4.78, 5) is 15.8. The molecule has 0 amide bonds. The van der Waals surface area contributed by atoms with Gasteiger partial charge in [0, 0.05) is 17.8 Å². The number of hydrogen-bond acceptors (Lipinski definition) is 5. The van der Waals surface area contributed by atoms with Crippen molar-refractivity contribution in [3.63, 3.8) is 0 Å². The number of ether oxygens (including phenoxy) is 2. The lowest BCUT2D eigenvalue weighted by Crippen LogP contribution is -2.09. The summed E-state index contributed by atoms with van der Waals surface area (Å²) >= 11 is 6.01. The Morgan fingerprint density at radius 3 is 2.78 bits per heavy atom. The van der Waals surface area contributed by atoms with Crippen LogP contribution in [-0.4, -0.2) is 31.2 Å². The number of methoxy groups -OCH3 is 1. The van der Waals surface area contributed by atoms with Crippen molar-refractivity contribution in [3.05, 3.63) is 52.7 Å². The molecule has 0 saturated heterocycles. The summed E-state index contributed by atoms with van der Waals surface area (Å²) < 4.78 is 10.2. The van der Waals surface area contributed by atoms with Crippen molar-refractivity contribution in [2.24, 2.45) is 0 Å². The molecule has 1 aromatic carbocycles. The number of nitrogens with zero attached hydrogens (tertiary/aromatic N) is 1. The molecule has 5 nitrogen and oxygen atoms in total. The molecule has 1 N–H and O–H groups in total. The Kier molecular flexibility index (Phi) is 6.23. The molecule has 0 unspecified atom stereocenters. The molecule has 1 heterocycles. The predicted molar refractivity (Wildman–Crippen MR) is 90.4 cm³/mol. The fourth-order valence-corrected chi connectivity index (χ4v) is 2.30. The first kappa shape index (κ1) is 17.1. The molecule has 2 aromatic rings. The van der Waals surface area contributed by atoms with Crippen LogP contribution >= 0.6 is 11.6 Å². The van der Waals surface area contributed by atoms with Gasteiger partial charge in [0.2, 0.25) is 0 Å². The average molecular weight is 335 g/mol. The van der Waals surface area contributed by atoms with E-state index in [1.807, 2.05) is 12.1 Å². The molecule has 0 aliphatic heterocycles. The van der Waals surface area contributed by atoms with Crippen LogP contribution in [0.2, 0.25) is 5.02 Å². The monoisotopic (exact) mass is 334 g/mol. The number of pyridine rings is 1. The topological polar surface area (TPSA) is 60.5 Å². The Hall–Kier alpha value is -2.27. The molecule has 0 aliphatic carbocycles. The second-order valence-electron chi connectivity index (χ2n) is 4.79. The third-order valence-corrected chi connectivity index (χ3v) is 3.45. The third-order valence-electron chi connectivity index (χ3n) is 3.22. The summed E-state index contributed by atoms with van der Waals surface area (Å²) in [5.41, 5.74) is 1.46. The Labute approximate surface area is 140 Å². The lowest BCUT2D eigenvalue weighted by molar-refractivity contribution is 0.0526. The number of halogens is 1. The van der Waals surface area contributed by atoms with Crippen LogP contribution in [0.5, 0.6) is 5.75 Å². The number of esters is 1. The van der Waals surface area contributed by atoms with E-state index >= 15 is 0 Å². The lowest BCUT2D eigenvalue weighted by Gasteiger charge is -2.10. The number of aromatic nitrogens is 1. The van der Waals surface area contributed by atoms with Crippen LogP contribution in [0, 0.1) is 0 Å². The summed E-state index contributed by atoms with van der Waals surface area (Å²) in [5.74, 6) is 1.14. The largest absolute Gasteiger partial charge is 0.496 e. The molecule has 0 fully saturated rings. The minimum absolute atomic E-state index is 0.348. The van der Waals surface area contributed by atoms with E-state index in [1.165, 1.54) is 6.20 Å². The lowest BCUT2D eigenvalue weighted by atomic mass is 10.1. The second-order valence-corrected chi connectivity index (χ2v) is 5.22. The first-order valence-electron chi connectivity index (χ1n) is 7.33. The number of anilines is 1. The Morgan fingerprint density at radius 2 is 2.13 bits per heavy atom. The van der Waals surface area contributed by atoms with E-state index in [0.29, 0.717) is 29.6 Å². The zero-order valence-electron chi connectivity index (χ0n) is 13.1. The Morgan fingerprint density at radius 1 is 1.30 bits per heavy atom. The number of carbonyl (C=O) groups excluding carboxylic acids is 1. The molecule has 6 heteroatoms. The molecule has 23 heavy (non-hydrogen) atoms. The maximum atomic E-state index is 11.5. The van der Waals surface area contributed by atoms with E-state index in [4.69, 9.17) is 21.1 Å². The summed E-state index contributed by atoms with van der Waals surface area (Å²) in [6.07, 6.45) is 2.24. The fraction of sp³-hybridized carbons (Fsp3) is 0.294. The van der Waals surface area contributed by atoms with Crippen molar-refractivity contribution in [2.45, 2.75) is 13.3 Å². The molecule has 0 bridgehead atoms. The van der Waals surface area contributed by atoms with Gasteiger partial charge in [-0.15, -0.1) is 0 Å². The van der Waals surface area contributed by atoms with Crippen molar-refractivity contribution >= 4 is 23.4 Å². The highest BCUT2D eigenvalue weighted by atomic mass is 35.5. The summed E-state index contributed by atoms with van der Waals surface area (Å²) in [6.45, 7) is 2.79. The van der Waals surface area contributed by atoms with Gasteiger partial charge in [-0.3, -0.25) is 0 Å². The third kappa shape index (κ3) is 4.86. The number of benzene rings is 1. The van der Waals surface area contributed by atoms with E-state index in [1.54, 1.807) is 32.2 Å². The quantitative estimate of drug-likeness (QED) is 0.784. The smallest absolute Gasteiger partial charge is 0.339 e. The van der Waals surface area contributed by atoms with E-state index in [9.17, 15) is 4.79 Å². The zero-order chi connectivity index (χ0) is 16.7. The predicted octanol–water partition coefficient (Wildman–Crippen LogP) is 3.57. The highest BCUT2D eigenvalue weighted by Crippen LogP contribution is 2.23. The van der Waals surface area contributed by atoms with E-state index in [2.05, 4.69) is 10.3 Å². The van der Waals surface area contributed by atoms with Crippen molar-refractivity contribution in [3.8, 4) is 5.75 Å². The van der Waals surface area contributed by atoms with Gasteiger partial charge >= 0.3 is 5.97 Å². The van der Waals surface area contributed by atoms with Crippen LogP contribution in [-0.2, 0) is 11.2 Å². The van der Waals surface area contributed by atoms with Crippen LogP contribution in [0.25, 0.3) is 0 Å². The highest BCUT2D eigenvalue weighted by molar-refractivity contribution is 6.30. The van der Waals surface area contributed by atoms with Gasteiger partial charge in [-0.25, -0.2) is 9.78 Å². The van der Waals surface area contributed by atoms with Crippen molar-refractivity contribution < 1.29 is 14.3 Å². The molecule has 1 aromatic heterocycles. The molecule has 0 radical (unpaired) electrons. The molecule has 0 saturated carbocycles. The van der Waals surface area contributed by atoms with Gasteiger partial charge < -0.3 is 14.8 Å². The highest BCUT2D eigenvalue weighted by Gasteiger charge is 2.07. The Bertz CT molecular complexity index is 659. The standard InChI is InChI=1S/C17H19ClN2O3/c1-3-23-17(21)13-4-7-16(20-11-13)19-9-8-12-10-14(18)5-6-15(12)22-2/h4-7,10-11H,3,8-9H2,1-2H3,(H,19,20). The molecule has 0 spiro atoms. The van der Waals surface area contributed by atoms with Crippen molar-refractivity contribution in [2.75, 3.05) is 25.6 Å². The number of hydrogen-bond donors (Lipinski definition) is 1.